The molecule has 11 heavy (non-hydrogen) atoms. The van der Waals surface area contributed by atoms with Gasteiger partial charge in [-0.15, -0.1) is 0 Å². The third-order valence-corrected chi connectivity index (χ3v) is 1.57. The monoisotopic (exact) mass is 151 g/mol. The van der Waals surface area contributed by atoms with Crippen molar-refractivity contribution in [3.8, 4) is 0 Å². The molecule has 0 aromatic rings. The molecule has 0 saturated heterocycles. The van der Waals surface area contributed by atoms with E-state index in [1.165, 1.54) is 5.57 Å². The van der Waals surface area contributed by atoms with Crippen LogP contribution < -0.4 is 0 Å². The van der Waals surface area contributed by atoms with Gasteiger partial charge in [0.15, 0.2) is 0 Å². The van der Waals surface area contributed by atoms with Gasteiger partial charge in [0.25, 0.3) is 0 Å². The Labute approximate surface area is 69.7 Å². The van der Waals surface area contributed by atoms with E-state index in [9.17, 15) is 0 Å². The van der Waals surface area contributed by atoms with Crippen LogP contribution in [0, 0.1) is 0 Å². The summed E-state index contributed by atoms with van der Waals surface area (Å²) in [5.74, 6) is 0. The average molecular weight is 151 g/mol. The lowest BCUT2D eigenvalue weighted by atomic mass is 10.2. The molecule has 0 bridgehead atoms. The van der Waals surface area contributed by atoms with Crippen molar-refractivity contribution in [2.45, 2.75) is 13.8 Å². The van der Waals surface area contributed by atoms with Crippen molar-refractivity contribution >= 4 is 0 Å². The van der Waals surface area contributed by atoms with E-state index in [1.807, 2.05) is 32.0 Å². The Morgan fingerprint density at radius 1 is 1.27 bits per heavy atom. The van der Waals surface area contributed by atoms with E-state index >= 15 is 0 Å². The quantitative estimate of drug-likeness (QED) is 0.560. The van der Waals surface area contributed by atoms with Crippen molar-refractivity contribution in [1.82, 2.24) is 4.90 Å². The third kappa shape index (κ3) is 4.43. The molecule has 0 aliphatic heterocycles. The van der Waals surface area contributed by atoms with Gasteiger partial charge in [-0.1, -0.05) is 24.3 Å². The van der Waals surface area contributed by atoms with Crippen LogP contribution in [0.2, 0.25) is 0 Å². The molecule has 0 N–H and O–H groups in total. The number of hydrogen-bond donors (Lipinski definition) is 0. The largest absolute Gasteiger partial charge is 0.378 e. The first kappa shape index (κ1) is 10.0. The van der Waals surface area contributed by atoms with Gasteiger partial charge in [-0.25, -0.2) is 0 Å². The van der Waals surface area contributed by atoms with Crippen LogP contribution in [-0.2, 0) is 0 Å². The van der Waals surface area contributed by atoms with Crippen LogP contribution in [0.15, 0.2) is 36.1 Å². The van der Waals surface area contributed by atoms with E-state index in [1.54, 1.807) is 0 Å². The van der Waals surface area contributed by atoms with Gasteiger partial charge in [-0.2, -0.15) is 0 Å². The van der Waals surface area contributed by atoms with Crippen molar-refractivity contribution in [3.63, 3.8) is 0 Å². The SMILES string of the molecule is C=C(/C=C\C(C)=C/C)N(C)C. The fraction of sp³-hybridized carbons (Fsp3) is 0.400. The van der Waals surface area contributed by atoms with Crippen LogP contribution in [0.25, 0.3) is 0 Å². The molecule has 62 valence electrons. The fourth-order valence-corrected chi connectivity index (χ4v) is 0.473. The summed E-state index contributed by atoms with van der Waals surface area (Å²) in [7, 11) is 3.97. The first-order valence-electron chi connectivity index (χ1n) is 3.75. The highest BCUT2D eigenvalue weighted by Gasteiger charge is 1.87. The average Bonchev–Trinajstić information content (AvgIpc) is 1.99. The maximum Gasteiger partial charge on any atom is 0.0288 e. The number of rotatable bonds is 3. The lowest BCUT2D eigenvalue weighted by Gasteiger charge is -2.10. The summed E-state index contributed by atoms with van der Waals surface area (Å²) in [6, 6.07) is 0. The second kappa shape index (κ2) is 4.78. The maximum atomic E-state index is 3.87. The summed E-state index contributed by atoms with van der Waals surface area (Å²) < 4.78 is 0. The van der Waals surface area contributed by atoms with Crippen molar-refractivity contribution in [2.24, 2.45) is 0 Å². The van der Waals surface area contributed by atoms with Crippen LogP contribution in [0.1, 0.15) is 13.8 Å². The van der Waals surface area contributed by atoms with E-state index in [0.717, 1.165) is 5.70 Å². The molecule has 0 aliphatic rings. The highest BCUT2D eigenvalue weighted by molar-refractivity contribution is 5.23. The maximum absolute atomic E-state index is 3.87. The standard InChI is InChI=1S/C10H17N/c1-6-9(2)7-8-10(3)11(4)5/h6-8H,3H2,1-2,4-5H3/b8-7-,9-6-. The highest BCUT2D eigenvalue weighted by atomic mass is 15.1. The molecule has 0 aromatic heterocycles. The zero-order valence-electron chi connectivity index (χ0n) is 7.89. The van der Waals surface area contributed by atoms with Gasteiger partial charge in [0.05, 0.1) is 0 Å². The summed E-state index contributed by atoms with van der Waals surface area (Å²) in [5.41, 5.74) is 2.28. The first-order valence-corrected chi connectivity index (χ1v) is 3.75. The number of allylic oxidation sites excluding steroid dienone is 4. The molecule has 0 saturated carbocycles. The topological polar surface area (TPSA) is 3.24 Å². The predicted octanol–water partition coefficient (Wildman–Crippen LogP) is 2.58. The van der Waals surface area contributed by atoms with Gasteiger partial charge in [0.1, 0.15) is 0 Å². The minimum absolute atomic E-state index is 1.02. The molecule has 0 fully saturated rings. The lowest BCUT2D eigenvalue weighted by Crippen LogP contribution is -2.07. The second-order valence-corrected chi connectivity index (χ2v) is 2.75. The fourth-order valence-electron chi connectivity index (χ4n) is 0.473. The van der Waals surface area contributed by atoms with Crippen molar-refractivity contribution in [3.05, 3.63) is 36.1 Å². The Kier molecular flexibility index (Phi) is 4.35. The van der Waals surface area contributed by atoms with E-state index < -0.39 is 0 Å². The molecule has 1 heteroatoms. The summed E-state index contributed by atoms with van der Waals surface area (Å²) >= 11 is 0. The van der Waals surface area contributed by atoms with E-state index in [-0.39, 0.29) is 0 Å². The van der Waals surface area contributed by atoms with Gasteiger partial charge in [0, 0.05) is 19.8 Å². The normalized spacial score (nSPS) is 12.2. The highest BCUT2D eigenvalue weighted by Crippen LogP contribution is 2.00. The smallest absolute Gasteiger partial charge is 0.0288 e. The Bertz CT molecular complexity index is 185. The molecule has 1 nitrogen and oxygen atoms in total. The predicted molar refractivity (Wildman–Crippen MR) is 51.4 cm³/mol. The second-order valence-electron chi connectivity index (χ2n) is 2.75. The van der Waals surface area contributed by atoms with Crippen LogP contribution >= 0.6 is 0 Å². The number of hydrogen-bond acceptors (Lipinski definition) is 1. The van der Waals surface area contributed by atoms with Gasteiger partial charge >= 0.3 is 0 Å². The van der Waals surface area contributed by atoms with Gasteiger partial charge in [-0.3, -0.25) is 0 Å². The van der Waals surface area contributed by atoms with Crippen molar-refractivity contribution < 1.29 is 0 Å². The van der Waals surface area contributed by atoms with E-state index in [0.29, 0.717) is 0 Å². The molecule has 0 aromatic carbocycles. The summed E-state index contributed by atoms with van der Waals surface area (Å²) in [5, 5.41) is 0. The van der Waals surface area contributed by atoms with Crippen LogP contribution in [0.4, 0.5) is 0 Å². The molecule has 0 aliphatic carbocycles. The molecule has 0 atom stereocenters. The van der Waals surface area contributed by atoms with E-state index in [2.05, 4.69) is 25.7 Å². The minimum Gasteiger partial charge on any atom is -0.378 e. The van der Waals surface area contributed by atoms with E-state index in [4.69, 9.17) is 0 Å². The van der Waals surface area contributed by atoms with Crippen LogP contribution in [-0.4, -0.2) is 19.0 Å². The lowest BCUT2D eigenvalue weighted by molar-refractivity contribution is 0.532. The van der Waals surface area contributed by atoms with Gasteiger partial charge < -0.3 is 4.90 Å². The number of likely N-dealkylation sites (N-methyl/N-ethyl adjacent to an activating group) is 1. The molecule has 0 amide bonds. The summed E-state index contributed by atoms with van der Waals surface area (Å²) in [4.78, 5) is 1.99. The third-order valence-electron chi connectivity index (χ3n) is 1.57. The molecule has 0 spiro atoms. The number of nitrogens with zero attached hydrogens (tertiary/aromatic N) is 1. The molecule has 0 rings (SSSR count). The van der Waals surface area contributed by atoms with Crippen LogP contribution in [0.5, 0.6) is 0 Å². The first-order chi connectivity index (χ1) is 5.07. The summed E-state index contributed by atoms with van der Waals surface area (Å²) in [6.45, 7) is 7.97. The molecule has 0 unspecified atom stereocenters. The molecule has 0 radical (unpaired) electrons. The van der Waals surface area contributed by atoms with Gasteiger partial charge in [0.2, 0.25) is 0 Å². The Balaban J connectivity index is 4.04. The van der Waals surface area contributed by atoms with Gasteiger partial charge in [-0.05, 0) is 19.9 Å². The van der Waals surface area contributed by atoms with Crippen LogP contribution in [0.3, 0.4) is 0 Å². The zero-order chi connectivity index (χ0) is 8.85. The molecule has 0 heterocycles. The zero-order valence-corrected chi connectivity index (χ0v) is 7.89. The van der Waals surface area contributed by atoms with Crippen molar-refractivity contribution in [2.75, 3.05) is 14.1 Å². The Morgan fingerprint density at radius 3 is 2.18 bits per heavy atom. The van der Waals surface area contributed by atoms with Crippen molar-refractivity contribution in [1.29, 1.82) is 0 Å². The summed E-state index contributed by atoms with van der Waals surface area (Å²) in [6.07, 6.45) is 6.14. The molecular weight excluding hydrogens is 134 g/mol. The minimum atomic E-state index is 1.02. The Morgan fingerprint density at radius 2 is 1.82 bits per heavy atom. The molecular formula is C10H17N. The Hall–Kier alpha value is -0.980.